The lowest BCUT2D eigenvalue weighted by molar-refractivity contribution is 0.190. The number of ether oxygens (including phenoxy) is 1. The maximum Gasteiger partial charge on any atom is 0.136 e. The molecular weight excluding hydrogens is 255 g/mol. The van der Waals surface area contributed by atoms with Crippen molar-refractivity contribution in [2.75, 3.05) is 0 Å². The smallest absolute Gasteiger partial charge is 0.136 e. The topological polar surface area (TPSA) is 29.5 Å². The molecule has 2 aromatic rings. The van der Waals surface area contributed by atoms with Crippen molar-refractivity contribution in [1.82, 2.24) is 0 Å². The molecule has 1 atom stereocenters. The van der Waals surface area contributed by atoms with Gasteiger partial charge in [0.05, 0.1) is 11.7 Å². The highest BCUT2D eigenvalue weighted by molar-refractivity contribution is 5.48. The zero-order valence-corrected chi connectivity index (χ0v) is 12.2. The van der Waals surface area contributed by atoms with Gasteiger partial charge in [-0.1, -0.05) is 18.2 Å². The molecule has 0 aliphatic carbocycles. The van der Waals surface area contributed by atoms with Crippen LogP contribution in [0.3, 0.4) is 0 Å². The second-order valence-electron chi connectivity index (χ2n) is 5.08. The molecule has 0 unspecified atom stereocenters. The van der Waals surface area contributed by atoms with Gasteiger partial charge in [0, 0.05) is 0 Å². The van der Waals surface area contributed by atoms with E-state index in [-0.39, 0.29) is 5.56 Å². The van der Waals surface area contributed by atoms with E-state index in [1.54, 1.807) is 12.1 Å². The van der Waals surface area contributed by atoms with Crippen molar-refractivity contribution in [2.24, 2.45) is 0 Å². The predicted octanol–water partition coefficient (Wildman–Crippen LogP) is 4.60. The van der Waals surface area contributed by atoms with Crippen LogP contribution in [0.1, 0.15) is 35.3 Å². The molecule has 0 amide bonds. The van der Waals surface area contributed by atoms with Crippen LogP contribution in [-0.2, 0) is 0 Å². The van der Waals surface area contributed by atoms with E-state index in [0.29, 0.717) is 5.75 Å². The second-order valence-corrected chi connectivity index (χ2v) is 5.08. The average Bonchev–Trinajstić information content (AvgIpc) is 2.39. The van der Waals surface area contributed by atoms with Crippen LogP contribution in [0.2, 0.25) is 0 Å². The number of benzene rings is 2. The van der Waals surface area contributed by atoms with Gasteiger partial charge in [-0.25, -0.2) is 4.39 Å². The Bertz CT molecular complexity index is 633. The molecule has 0 radical (unpaired) electrons. The summed E-state index contributed by atoms with van der Waals surface area (Å²) in [5.74, 6) is 0.620. The van der Waals surface area contributed by atoms with Crippen molar-refractivity contribution in [2.45, 2.75) is 33.8 Å². The first kappa shape index (κ1) is 14.5. The van der Waals surface area contributed by atoms with Crippen molar-refractivity contribution < 1.29 is 14.2 Å². The summed E-state index contributed by atoms with van der Waals surface area (Å²) in [4.78, 5) is 0. The fraction of sp³-hybridized carbons (Fsp3) is 0.294. The third-order valence-corrected chi connectivity index (χ3v) is 3.52. The van der Waals surface area contributed by atoms with E-state index in [0.717, 1.165) is 22.4 Å². The molecule has 0 aromatic heterocycles. The monoisotopic (exact) mass is 274 g/mol. The predicted molar refractivity (Wildman–Crippen MR) is 77.8 cm³/mol. The lowest BCUT2D eigenvalue weighted by Crippen LogP contribution is -2.01. The number of aryl methyl sites for hydroxylation is 2. The Morgan fingerprint density at radius 2 is 1.70 bits per heavy atom. The summed E-state index contributed by atoms with van der Waals surface area (Å²) in [6, 6.07) is 8.58. The molecule has 2 rings (SSSR count). The van der Waals surface area contributed by atoms with Gasteiger partial charge >= 0.3 is 0 Å². The van der Waals surface area contributed by atoms with Crippen molar-refractivity contribution in [1.29, 1.82) is 0 Å². The van der Waals surface area contributed by atoms with E-state index in [1.807, 2.05) is 32.9 Å². The molecule has 0 saturated carbocycles. The van der Waals surface area contributed by atoms with Crippen LogP contribution in [-0.4, -0.2) is 5.11 Å². The standard InChI is InChI=1S/C17H19FO2/c1-10-8-9-11(2)17(12(10)3)20-15-7-5-6-14(18)16(15)13(4)19/h5-9,13,19H,1-4H3/t13-/m0/s1. The molecule has 3 heteroatoms. The van der Waals surface area contributed by atoms with Crippen molar-refractivity contribution >= 4 is 0 Å². The molecule has 0 fully saturated rings. The number of aliphatic hydroxyl groups is 1. The molecule has 0 aliphatic heterocycles. The van der Waals surface area contributed by atoms with E-state index < -0.39 is 11.9 Å². The molecule has 0 aliphatic rings. The number of hydrogen-bond acceptors (Lipinski definition) is 2. The molecule has 106 valence electrons. The highest BCUT2D eigenvalue weighted by Gasteiger charge is 2.17. The molecule has 0 bridgehead atoms. The van der Waals surface area contributed by atoms with Crippen molar-refractivity contribution in [3.8, 4) is 11.5 Å². The second kappa shape index (κ2) is 5.63. The van der Waals surface area contributed by atoms with Crippen molar-refractivity contribution in [3.63, 3.8) is 0 Å². The minimum absolute atomic E-state index is 0.188. The Balaban J connectivity index is 2.51. The summed E-state index contributed by atoms with van der Waals surface area (Å²) in [5.41, 5.74) is 3.30. The minimum Gasteiger partial charge on any atom is -0.456 e. The molecule has 20 heavy (non-hydrogen) atoms. The van der Waals surface area contributed by atoms with Gasteiger partial charge in [-0.2, -0.15) is 0 Å². The lowest BCUT2D eigenvalue weighted by atomic mass is 10.0. The Kier molecular flexibility index (Phi) is 4.09. The van der Waals surface area contributed by atoms with Crippen LogP contribution < -0.4 is 4.74 Å². The average molecular weight is 274 g/mol. The van der Waals surface area contributed by atoms with Gasteiger partial charge < -0.3 is 9.84 Å². The van der Waals surface area contributed by atoms with Gasteiger partial charge in [0.25, 0.3) is 0 Å². The number of rotatable bonds is 3. The van der Waals surface area contributed by atoms with E-state index in [2.05, 4.69) is 0 Å². The summed E-state index contributed by atoms with van der Waals surface area (Å²) in [6.07, 6.45) is -0.920. The molecule has 1 N–H and O–H groups in total. The van der Waals surface area contributed by atoms with Crippen LogP contribution in [0.15, 0.2) is 30.3 Å². The van der Waals surface area contributed by atoms with Gasteiger partial charge in [0.15, 0.2) is 0 Å². The van der Waals surface area contributed by atoms with Crippen LogP contribution in [0.4, 0.5) is 4.39 Å². The van der Waals surface area contributed by atoms with Gasteiger partial charge in [-0.05, 0) is 56.5 Å². The summed E-state index contributed by atoms with van der Waals surface area (Å²) < 4.78 is 19.7. The molecule has 2 nitrogen and oxygen atoms in total. The molecule has 0 saturated heterocycles. The van der Waals surface area contributed by atoms with Gasteiger partial charge in [0.1, 0.15) is 17.3 Å². The maximum absolute atomic E-state index is 13.8. The van der Waals surface area contributed by atoms with Crippen LogP contribution >= 0.6 is 0 Å². The fourth-order valence-electron chi connectivity index (χ4n) is 2.20. The van der Waals surface area contributed by atoms with Gasteiger partial charge in [0.2, 0.25) is 0 Å². The first-order valence-electron chi connectivity index (χ1n) is 6.63. The Morgan fingerprint density at radius 3 is 2.35 bits per heavy atom. The molecule has 0 heterocycles. The first-order chi connectivity index (χ1) is 9.41. The molecule has 2 aromatic carbocycles. The lowest BCUT2D eigenvalue weighted by Gasteiger charge is -2.17. The zero-order chi connectivity index (χ0) is 14.9. The quantitative estimate of drug-likeness (QED) is 0.886. The summed E-state index contributed by atoms with van der Waals surface area (Å²) in [5, 5.41) is 9.74. The largest absolute Gasteiger partial charge is 0.456 e. The van der Waals surface area contributed by atoms with E-state index in [9.17, 15) is 9.50 Å². The van der Waals surface area contributed by atoms with Crippen molar-refractivity contribution in [3.05, 3.63) is 58.4 Å². The summed E-state index contributed by atoms with van der Waals surface area (Å²) in [7, 11) is 0. The third-order valence-electron chi connectivity index (χ3n) is 3.52. The first-order valence-corrected chi connectivity index (χ1v) is 6.63. The molecular formula is C17H19FO2. The highest BCUT2D eigenvalue weighted by Crippen LogP contribution is 2.35. The summed E-state index contributed by atoms with van der Waals surface area (Å²) >= 11 is 0. The SMILES string of the molecule is Cc1ccc(C)c(Oc2cccc(F)c2[C@H](C)O)c1C. The number of aliphatic hydroxyl groups excluding tert-OH is 1. The van der Waals surface area contributed by atoms with Gasteiger partial charge in [-0.15, -0.1) is 0 Å². The Labute approximate surface area is 118 Å². The number of hydrogen-bond donors (Lipinski definition) is 1. The van der Waals surface area contributed by atoms with E-state index in [4.69, 9.17) is 4.74 Å². The Hall–Kier alpha value is -1.87. The van der Waals surface area contributed by atoms with Crippen LogP contribution in [0.5, 0.6) is 11.5 Å². The zero-order valence-electron chi connectivity index (χ0n) is 12.2. The highest BCUT2D eigenvalue weighted by atomic mass is 19.1. The fourth-order valence-corrected chi connectivity index (χ4v) is 2.20. The van der Waals surface area contributed by atoms with Crippen LogP contribution in [0.25, 0.3) is 0 Å². The maximum atomic E-state index is 13.8. The third kappa shape index (κ3) is 2.68. The number of halogens is 1. The normalized spacial score (nSPS) is 12.3. The van der Waals surface area contributed by atoms with E-state index in [1.165, 1.54) is 13.0 Å². The molecule has 0 spiro atoms. The Morgan fingerprint density at radius 1 is 1.05 bits per heavy atom. The van der Waals surface area contributed by atoms with E-state index >= 15 is 0 Å². The summed E-state index contributed by atoms with van der Waals surface area (Å²) in [6.45, 7) is 7.45. The van der Waals surface area contributed by atoms with Gasteiger partial charge in [-0.3, -0.25) is 0 Å². The minimum atomic E-state index is -0.920. The van der Waals surface area contributed by atoms with Crippen LogP contribution in [0, 0.1) is 26.6 Å².